The molecule has 0 amide bonds. The van der Waals surface area contributed by atoms with Gasteiger partial charge in [0.2, 0.25) is 0 Å². The van der Waals surface area contributed by atoms with Crippen molar-refractivity contribution in [2.24, 2.45) is 5.92 Å². The Morgan fingerprint density at radius 3 is 2.53 bits per heavy atom. The molecule has 102 valence electrons. The highest BCUT2D eigenvalue weighted by Gasteiger charge is 2.27. The van der Waals surface area contributed by atoms with E-state index in [1.807, 2.05) is 17.9 Å². The van der Waals surface area contributed by atoms with Gasteiger partial charge in [0.25, 0.3) is 5.69 Å². The largest absolute Gasteiger partial charge is 0.366 e. The summed E-state index contributed by atoms with van der Waals surface area (Å²) in [7, 11) is 0. The Hall–Kier alpha value is -1.91. The van der Waals surface area contributed by atoms with Gasteiger partial charge >= 0.3 is 0 Å². The second kappa shape index (κ2) is 5.38. The Morgan fingerprint density at radius 1 is 1.37 bits per heavy atom. The number of nitro groups is 1. The van der Waals surface area contributed by atoms with E-state index in [2.05, 4.69) is 0 Å². The number of para-hydroxylation sites is 1. The minimum atomic E-state index is -0.334. The van der Waals surface area contributed by atoms with Crippen molar-refractivity contribution in [1.82, 2.24) is 0 Å². The van der Waals surface area contributed by atoms with E-state index in [1.165, 1.54) is 0 Å². The molecular formula is C14H18N2O3. The lowest BCUT2D eigenvalue weighted by Crippen LogP contribution is -2.36. The van der Waals surface area contributed by atoms with Gasteiger partial charge in [-0.2, -0.15) is 0 Å². The topological polar surface area (TPSA) is 63.5 Å². The molecule has 0 spiro atoms. The Kier molecular flexibility index (Phi) is 3.83. The third-order valence-electron chi connectivity index (χ3n) is 3.80. The van der Waals surface area contributed by atoms with E-state index < -0.39 is 0 Å². The summed E-state index contributed by atoms with van der Waals surface area (Å²) >= 11 is 0. The predicted molar refractivity (Wildman–Crippen MR) is 73.5 cm³/mol. The lowest BCUT2D eigenvalue weighted by atomic mass is 9.92. The summed E-state index contributed by atoms with van der Waals surface area (Å²) in [6.45, 7) is 4.92. The molecule has 1 aliphatic heterocycles. The third kappa shape index (κ3) is 2.75. The van der Waals surface area contributed by atoms with E-state index in [-0.39, 0.29) is 22.3 Å². The van der Waals surface area contributed by atoms with Gasteiger partial charge < -0.3 is 4.90 Å². The van der Waals surface area contributed by atoms with Crippen molar-refractivity contribution in [2.75, 3.05) is 18.0 Å². The summed E-state index contributed by atoms with van der Waals surface area (Å²) in [5.74, 6) is 0.332. The van der Waals surface area contributed by atoms with Crippen LogP contribution in [0.15, 0.2) is 18.2 Å². The van der Waals surface area contributed by atoms with Crippen LogP contribution in [0, 0.1) is 23.0 Å². The summed E-state index contributed by atoms with van der Waals surface area (Å²) in [6, 6.07) is 5.14. The van der Waals surface area contributed by atoms with E-state index >= 15 is 0 Å². The molecule has 2 rings (SSSR count). The number of rotatable bonds is 3. The highest BCUT2D eigenvalue weighted by atomic mass is 16.6. The van der Waals surface area contributed by atoms with Crippen molar-refractivity contribution in [3.05, 3.63) is 33.9 Å². The molecule has 0 radical (unpaired) electrons. The standard InChI is InChI=1S/C14H18N2O3/c1-10-4-3-5-13(16(18)19)14(10)15-8-6-12(7-9-15)11(2)17/h3-5,12H,6-9H2,1-2H3. The van der Waals surface area contributed by atoms with Gasteiger partial charge in [-0.25, -0.2) is 0 Å². The zero-order chi connectivity index (χ0) is 14.0. The number of benzene rings is 1. The Morgan fingerprint density at radius 2 is 2.00 bits per heavy atom. The van der Waals surface area contributed by atoms with Gasteiger partial charge in [0, 0.05) is 25.1 Å². The van der Waals surface area contributed by atoms with Crippen molar-refractivity contribution in [1.29, 1.82) is 0 Å². The molecule has 0 atom stereocenters. The van der Waals surface area contributed by atoms with Crippen LogP contribution in [0.25, 0.3) is 0 Å². The van der Waals surface area contributed by atoms with Crippen LogP contribution in [0.1, 0.15) is 25.3 Å². The van der Waals surface area contributed by atoms with E-state index in [4.69, 9.17) is 0 Å². The summed E-state index contributed by atoms with van der Waals surface area (Å²) in [6.07, 6.45) is 1.56. The van der Waals surface area contributed by atoms with Gasteiger partial charge in [0.05, 0.1) is 4.92 Å². The molecule has 1 aromatic rings. The molecule has 0 saturated carbocycles. The summed E-state index contributed by atoms with van der Waals surface area (Å²) < 4.78 is 0. The molecule has 1 fully saturated rings. The molecule has 1 aliphatic rings. The lowest BCUT2D eigenvalue weighted by molar-refractivity contribution is -0.384. The summed E-state index contributed by atoms with van der Waals surface area (Å²) in [4.78, 5) is 24.2. The number of anilines is 1. The zero-order valence-electron chi connectivity index (χ0n) is 11.3. The highest BCUT2D eigenvalue weighted by Crippen LogP contribution is 2.34. The van der Waals surface area contributed by atoms with E-state index in [0.717, 1.165) is 18.4 Å². The van der Waals surface area contributed by atoms with Crippen LogP contribution < -0.4 is 4.90 Å². The fraction of sp³-hybridized carbons (Fsp3) is 0.500. The first-order valence-electron chi connectivity index (χ1n) is 6.50. The quantitative estimate of drug-likeness (QED) is 0.620. The van der Waals surface area contributed by atoms with Gasteiger partial charge in [0.1, 0.15) is 11.5 Å². The number of Topliss-reactive ketones (excluding diaryl/α,β-unsaturated/α-hetero) is 1. The third-order valence-corrected chi connectivity index (χ3v) is 3.80. The molecule has 0 unspecified atom stereocenters. The van der Waals surface area contributed by atoms with Crippen LogP contribution in [0.3, 0.4) is 0 Å². The van der Waals surface area contributed by atoms with Gasteiger partial charge in [-0.3, -0.25) is 14.9 Å². The number of hydrogen-bond acceptors (Lipinski definition) is 4. The fourth-order valence-electron chi connectivity index (χ4n) is 2.71. The average Bonchev–Trinajstić information content (AvgIpc) is 2.38. The predicted octanol–water partition coefficient (Wildman–Crippen LogP) is 2.71. The summed E-state index contributed by atoms with van der Waals surface area (Å²) in [5, 5.41) is 11.1. The minimum absolute atomic E-state index is 0.110. The molecule has 5 heteroatoms. The number of nitro benzene ring substituents is 1. The molecule has 5 nitrogen and oxygen atoms in total. The minimum Gasteiger partial charge on any atom is -0.366 e. The van der Waals surface area contributed by atoms with Crippen LogP contribution in [-0.2, 0) is 4.79 Å². The second-order valence-corrected chi connectivity index (χ2v) is 5.07. The van der Waals surface area contributed by atoms with Gasteiger partial charge in [0.15, 0.2) is 0 Å². The van der Waals surface area contributed by atoms with E-state index in [1.54, 1.807) is 19.1 Å². The van der Waals surface area contributed by atoms with Crippen LogP contribution >= 0.6 is 0 Å². The summed E-state index contributed by atoms with van der Waals surface area (Å²) in [5.41, 5.74) is 1.77. The Labute approximate surface area is 112 Å². The normalized spacial score (nSPS) is 16.4. The van der Waals surface area contributed by atoms with E-state index in [9.17, 15) is 14.9 Å². The van der Waals surface area contributed by atoms with E-state index in [0.29, 0.717) is 18.8 Å². The van der Waals surface area contributed by atoms with Gasteiger partial charge in [-0.1, -0.05) is 12.1 Å². The van der Waals surface area contributed by atoms with Crippen LogP contribution in [0.4, 0.5) is 11.4 Å². The van der Waals surface area contributed by atoms with Crippen molar-refractivity contribution < 1.29 is 9.72 Å². The lowest BCUT2D eigenvalue weighted by Gasteiger charge is -2.33. The molecule has 1 heterocycles. The van der Waals surface area contributed by atoms with Gasteiger partial charge in [-0.05, 0) is 32.3 Å². The molecule has 1 aromatic carbocycles. The Bertz CT molecular complexity index is 505. The number of nitrogens with zero attached hydrogens (tertiary/aromatic N) is 2. The molecule has 0 aliphatic carbocycles. The molecule has 0 aromatic heterocycles. The van der Waals surface area contributed by atoms with Crippen LogP contribution in [0.5, 0.6) is 0 Å². The monoisotopic (exact) mass is 262 g/mol. The molecule has 0 N–H and O–H groups in total. The first kappa shape index (κ1) is 13.5. The second-order valence-electron chi connectivity index (χ2n) is 5.07. The molecule has 1 saturated heterocycles. The molecule has 19 heavy (non-hydrogen) atoms. The number of carbonyl (C=O) groups excluding carboxylic acids is 1. The number of piperidine rings is 1. The smallest absolute Gasteiger partial charge is 0.292 e. The van der Waals surface area contributed by atoms with Crippen molar-refractivity contribution >= 4 is 17.2 Å². The van der Waals surface area contributed by atoms with Gasteiger partial charge in [-0.15, -0.1) is 0 Å². The number of ketones is 1. The van der Waals surface area contributed by atoms with Crippen molar-refractivity contribution in [3.63, 3.8) is 0 Å². The maximum absolute atomic E-state index is 11.4. The fourth-order valence-corrected chi connectivity index (χ4v) is 2.71. The van der Waals surface area contributed by atoms with Crippen LogP contribution in [-0.4, -0.2) is 23.8 Å². The molecule has 0 bridgehead atoms. The maximum atomic E-state index is 11.4. The van der Waals surface area contributed by atoms with Crippen molar-refractivity contribution in [3.8, 4) is 0 Å². The number of carbonyl (C=O) groups is 1. The molecular weight excluding hydrogens is 244 g/mol. The first-order chi connectivity index (χ1) is 9.00. The zero-order valence-corrected chi connectivity index (χ0v) is 11.3. The van der Waals surface area contributed by atoms with Crippen molar-refractivity contribution in [2.45, 2.75) is 26.7 Å². The number of aryl methyl sites for hydroxylation is 1. The highest BCUT2D eigenvalue weighted by molar-refractivity contribution is 5.79. The number of hydrogen-bond donors (Lipinski definition) is 0. The maximum Gasteiger partial charge on any atom is 0.292 e. The average molecular weight is 262 g/mol. The Balaban J connectivity index is 2.24. The SMILES string of the molecule is CC(=O)C1CCN(c2c(C)cccc2[N+](=O)[O-])CC1. The first-order valence-corrected chi connectivity index (χ1v) is 6.50. The van der Waals surface area contributed by atoms with Crippen LogP contribution in [0.2, 0.25) is 0 Å².